The van der Waals surface area contributed by atoms with Crippen LogP contribution in [0.2, 0.25) is 0 Å². The molecule has 0 aliphatic rings. The normalized spacial score (nSPS) is 12.6. The topological polar surface area (TPSA) is 97.1 Å². The average Bonchev–Trinajstić information content (AvgIpc) is 2.95. The van der Waals surface area contributed by atoms with Gasteiger partial charge in [-0.05, 0) is 5.56 Å². The number of nitrogens with zero attached hydrogens (tertiary/aromatic N) is 3. The van der Waals surface area contributed by atoms with Crippen molar-refractivity contribution in [3.05, 3.63) is 47.8 Å². The summed E-state index contributed by atoms with van der Waals surface area (Å²) in [7, 11) is 0. The Hall–Kier alpha value is -2.91. The van der Waals surface area contributed by atoms with Gasteiger partial charge in [0.2, 0.25) is 5.91 Å². The van der Waals surface area contributed by atoms with Gasteiger partial charge in [0, 0.05) is 6.42 Å². The van der Waals surface area contributed by atoms with Crippen molar-refractivity contribution in [1.82, 2.24) is 20.3 Å². The minimum Gasteiger partial charge on any atom is -0.476 e. The molecule has 0 aliphatic heterocycles. The molecule has 1 unspecified atom stereocenters. The number of aromatic nitrogens is 3. The van der Waals surface area contributed by atoms with Crippen LogP contribution in [0, 0.1) is 0 Å². The highest BCUT2D eigenvalue weighted by Crippen LogP contribution is 2.23. The van der Waals surface area contributed by atoms with Gasteiger partial charge in [-0.25, -0.2) is 9.48 Å². The third-order valence-electron chi connectivity index (χ3n) is 3.08. The number of benzene rings is 1. The van der Waals surface area contributed by atoms with Gasteiger partial charge in [-0.1, -0.05) is 35.5 Å². The molecule has 1 aromatic heterocycles. The Morgan fingerprint density at radius 2 is 1.92 bits per heavy atom. The number of amides is 1. The van der Waals surface area contributed by atoms with E-state index in [2.05, 4.69) is 10.3 Å². The minimum absolute atomic E-state index is 0.403. The predicted molar refractivity (Wildman–Crippen MR) is 75.1 cm³/mol. The lowest BCUT2D eigenvalue weighted by atomic mass is 10.1. The molecule has 0 radical (unpaired) electrons. The molecule has 0 fully saturated rings. The first kappa shape index (κ1) is 17.4. The Morgan fingerprint density at radius 1 is 1.25 bits per heavy atom. The zero-order chi connectivity index (χ0) is 17.7. The fourth-order valence-electron chi connectivity index (χ4n) is 1.96. The maximum absolute atomic E-state index is 13.1. The molecule has 1 amide bonds. The van der Waals surface area contributed by atoms with Crippen molar-refractivity contribution < 1.29 is 27.9 Å². The van der Waals surface area contributed by atoms with Gasteiger partial charge in [0.1, 0.15) is 12.6 Å². The van der Waals surface area contributed by atoms with Gasteiger partial charge in [-0.3, -0.25) is 4.79 Å². The van der Waals surface area contributed by atoms with E-state index in [9.17, 15) is 22.8 Å². The monoisotopic (exact) mass is 342 g/mol. The molecule has 2 rings (SSSR count). The smallest absolute Gasteiger partial charge is 0.408 e. The van der Waals surface area contributed by atoms with Crippen molar-refractivity contribution in [3.63, 3.8) is 0 Å². The summed E-state index contributed by atoms with van der Waals surface area (Å²) in [5.41, 5.74) is 0.0218. The first-order valence-corrected chi connectivity index (χ1v) is 6.79. The molecule has 7 nitrogen and oxygen atoms in total. The molecule has 10 heteroatoms. The number of hydrogen-bond acceptors (Lipinski definition) is 4. The molecular weight excluding hydrogens is 329 g/mol. The lowest BCUT2D eigenvalue weighted by Gasteiger charge is -2.21. The molecular formula is C14H13F3N4O3. The van der Waals surface area contributed by atoms with Crippen molar-refractivity contribution in [3.8, 4) is 0 Å². The largest absolute Gasteiger partial charge is 0.476 e. The summed E-state index contributed by atoms with van der Waals surface area (Å²) in [6.45, 7) is -0.568. The van der Waals surface area contributed by atoms with E-state index in [1.54, 1.807) is 18.2 Å². The van der Waals surface area contributed by atoms with Crippen LogP contribution in [-0.2, 0) is 17.8 Å². The molecule has 1 atom stereocenters. The molecule has 2 aromatic rings. The summed E-state index contributed by atoms with van der Waals surface area (Å²) >= 11 is 0. The molecule has 128 valence electrons. The Morgan fingerprint density at radius 3 is 2.46 bits per heavy atom. The molecule has 0 aliphatic carbocycles. The van der Waals surface area contributed by atoms with Gasteiger partial charge in [0.25, 0.3) is 0 Å². The summed E-state index contributed by atoms with van der Waals surface area (Å²) in [5, 5.41) is 17.2. The van der Waals surface area contributed by atoms with Gasteiger partial charge >= 0.3 is 12.1 Å². The second-order valence-electron chi connectivity index (χ2n) is 4.96. The second kappa shape index (κ2) is 7.11. The number of carbonyl (C=O) groups is 2. The minimum atomic E-state index is -4.62. The third-order valence-corrected chi connectivity index (χ3v) is 3.08. The molecule has 24 heavy (non-hydrogen) atoms. The van der Waals surface area contributed by atoms with Gasteiger partial charge in [-0.2, -0.15) is 13.2 Å². The van der Waals surface area contributed by atoms with Gasteiger partial charge in [0.15, 0.2) is 5.69 Å². The van der Waals surface area contributed by atoms with E-state index in [-0.39, 0.29) is 0 Å². The van der Waals surface area contributed by atoms with Crippen LogP contribution in [0.5, 0.6) is 0 Å². The molecule has 1 heterocycles. The highest BCUT2D eigenvalue weighted by Gasteiger charge is 2.40. The maximum atomic E-state index is 13.1. The van der Waals surface area contributed by atoms with Crippen LogP contribution < -0.4 is 5.32 Å². The predicted octanol–water partition coefficient (Wildman–Crippen LogP) is 1.27. The Kier molecular flexibility index (Phi) is 5.17. The third kappa shape index (κ3) is 4.80. The molecule has 2 N–H and O–H groups in total. The highest BCUT2D eigenvalue weighted by atomic mass is 19.4. The Balaban J connectivity index is 2.02. The van der Waals surface area contributed by atoms with Crippen LogP contribution in [0.15, 0.2) is 36.5 Å². The van der Waals surface area contributed by atoms with E-state index in [0.717, 1.165) is 10.9 Å². The van der Waals surface area contributed by atoms with Crippen molar-refractivity contribution >= 4 is 11.9 Å². The van der Waals surface area contributed by atoms with E-state index in [1.807, 2.05) is 5.32 Å². The first-order chi connectivity index (χ1) is 11.3. The van der Waals surface area contributed by atoms with E-state index in [0.29, 0.717) is 5.56 Å². The van der Waals surface area contributed by atoms with Gasteiger partial charge in [-0.15, -0.1) is 5.10 Å². The van der Waals surface area contributed by atoms with Crippen molar-refractivity contribution in [2.24, 2.45) is 0 Å². The molecule has 1 aromatic carbocycles. The summed E-state index contributed by atoms with van der Waals surface area (Å²) in [4.78, 5) is 22.4. The number of alkyl halides is 3. The van der Waals surface area contributed by atoms with Crippen LogP contribution >= 0.6 is 0 Å². The number of halogens is 3. The number of hydrogen-bond donors (Lipinski definition) is 2. The average molecular weight is 342 g/mol. The lowest BCUT2D eigenvalue weighted by molar-refractivity contribution is -0.161. The molecule has 0 bridgehead atoms. The zero-order valence-electron chi connectivity index (χ0n) is 12.2. The highest BCUT2D eigenvalue weighted by molar-refractivity contribution is 5.84. The maximum Gasteiger partial charge on any atom is 0.408 e. The summed E-state index contributed by atoms with van der Waals surface area (Å²) in [6.07, 6.45) is -4.07. The number of carboxylic acids is 1. The van der Waals surface area contributed by atoms with Crippen LogP contribution in [-0.4, -0.2) is 44.2 Å². The summed E-state index contributed by atoms with van der Waals surface area (Å²) in [5.74, 6) is -2.30. The quantitative estimate of drug-likeness (QED) is 0.824. The molecule has 0 saturated heterocycles. The van der Waals surface area contributed by atoms with E-state index < -0.39 is 42.8 Å². The van der Waals surface area contributed by atoms with Crippen LogP contribution in [0.3, 0.4) is 0 Å². The van der Waals surface area contributed by atoms with Gasteiger partial charge in [0.05, 0.1) is 6.20 Å². The Bertz CT molecular complexity index is 716. The zero-order valence-corrected chi connectivity index (χ0v) is 12.2. The summed E-state index contributed by atoms with van der Waals surface area (Å²) < 4.78 is 40.1. The van der Waals surface area contributed by atoms with E-state index >= 15 is 0 Å². The number of nitrogens with one attached hydrogen (secondary N) is 1. The SMILES string of the molecule is O=C(Cn1cc(C(=O)O)nn1)NC(Cc1ccccc1)C(F)(F)F. The van der Waals surface area contributed by atoms with E-state index in [1.165, 1.54) is 12.1 Å². The second-order valence-corrected chi connectivity index (χ2v) is 4.96. The first-order valence-electron chi connectivity index (χ1n) is 6.79. The Labute approximate surface area is 134 Å². The summed E-state index contributed by atoms with van der Waals surface area (Å²) in [6, 6.07) is 5.88. The number of carbonyl (C=O) groups excluding carboxylic acids is 1. The van der Waals surface area contributed by atoms with Crippen molar-refractivity contribution in [1.29, 1.82) is 0 Å². The number of aromatic carboxylic acids is 1. The molecule has 0 spiro atoms. The van der Waals surface area contributed by atoms with Crippen LogP contribution in [0.1, 0.15) is 16.1 Å². The standard InChI is InChI=1S/C14H13F3N4O3/c15-14(16,17)11(6-9-4-2-1-3-5-9)18-12(22)8-21-7-10(13(23)24)19-20-21/h1-5,7,11H,6,8H2,(H,18,22)(H,23,24). The number of rotatable bonds is 6. The number of carboxylic acid groups (broad SMARTS) is 1. The molecule has 0 saturated carbocycles. The van der Waals surface area contributed by atoms with E-state index in [4.69, 9.17) is 5.11 Å². The van der Waals surface area contributed by atoms with Crippen LogP contribution in [0.4, 0.5) is 13.2 Å². The fraction of sp³-hybridized carbons (Fsp3) is 0.286. The van der Waals surface area contributed by atoms with Crippen LogP contribution in [0.25, 0.3) is 0 Å². The lowest BCUT2D eigenvalue weighted by Crippen LogP contribution is -2.47. The van der Waals surface area contributed by atoms with Gasteiger partial charge < -0.3 is 10.4 Å². The van der Waals surface area contributed by atoms with Crippen molar-refractivity contribution in [2.75, 3.05) is 0 Å². The fourth-order valence-corrected chi connectivity index (χ4v) is 1.96. The van der Waals surface area contributed by atoms with Crippen molar-refractivity contribution in [2.45, 2.75) is 25.2 Å².